The molecule has 1 heterocycles. The molecule has 1 aromatic heterocycles. The van der Waals surface area contributed by atoms with Crippen molar-refractivity contribution in [2.45, 2.75) is 58.2 Å². The number of aliphatic carboxylic acids is 1. The van der Waals surface area contributed by atoms with Gasteiger partial charge >= 0.3 is 5.97 Å². The van der Waals surface area contributed by atoms with Crippen LogP contribution in [0.5, 0.6) is 0 Å². The Labute approximate surface area is 112 Å². The van der Waals surface area contributed by atoms with Gasteiger partial charge in [0.1, 0.15) is 6.04 Å². The minimum Gasteiger partial charge on any atom is -0.480 e. The normalized spacial score (nSPS) is 17.1. The predicted molar refractivity (Wildman–Crippen MR) is 71.8 cm³/mol. The Morgan fingerprint density at radius 2 is 2.39 bits per heavy atom. The molecule has 1 aromatic rings. The van der Waals surface area contributed by atoms with E-state index in [2.05, 4.69) is 22.2 Å². The number of hydrogen-bond acceptors (Lipinski definition) is 4. The maximum atomic E-state index is 11.1. The summed E-state index contributed by atoms with van der Waals surface area (Å²) in [5.74, 6) is -0.745. The van der Waals surface area contributed by atoms with Gasteiger partial charge < -0.3 is 5.11 Å². The Bertz CT molecular complexity index is 415. The van der Waals surface area contributed by atoms with Crippen molar-refractivity contribution in [3.05, 3.63) is 16.1 Å². The fourth-order valence-corrected chi connectivity index (χ4v) is 2.96. The zero-order valence-electron chi connectivity index (χ0n) is 10.9. The zero-order valence-corrected chi connectivity index (χ0v) is 11.7. The van der Waals surface area contributed by atoms with Gasteiger partial charge in [-0.1, -0.05) is 6.92 Å². The molecule has 4 nitrogen and oxygen atoms in total. The minimum absolute atomic E-state index is 0.422. The summed E-state index contributed by atoms with van der Waals surface area (Å²) < 4.78 is 0. The second-order valence-electron chi connectivity index (χ2n) is 4.90. The Balaban J connectivity index is 2.01. The predicted octanol–water partition coefficient (Wildman–Crippen LogP) is 2.53. The molecular formula is C13H20N2O2S. The molecule has 5 heteroatoms. The molecule has 0 amide bonds. The van der Waals surface area contributed by atoms with Crippen molar-refractivity contribution in [2.24, 2.45) is 0 Å². The lowest BCUT2D eigenvalue weighted by Gasteiger charge is -2.25. The Kier molecular flexibility index (Phi) is 4.35. The summed E-state index contributed by atoms with van der Waals surface area (Å²) in [6.07, 6.45) is 4.35. The van der Waals surface area contributed by atoms with Gasteiger partial charge in [0, 0.05) is 18.0 Å². The lowest BCUT2D eigenvalue weighted by atomic mass is 10.2. The van der Waals surface area contributed by atoms with Gasteiger partial charge in [-0.3, -0.25) is 9.69 Å². The number of carboxylic acid groups (broad SMARTS) is 1. The molecule has 0 saturated heterocycles. The van der Waals surface area contributed by atoms with Crippen LogP contribution in [0.1, 0.15) is 43.8 Å². The third kappa shape index (κ3) is 3.29. The number of nitrogens with zero attached hydrogens (tertiary/aromatic N) is 2. The molecule has 1 aliphatic carbocycles. The largest absolute Gasteiger partial charge is 0.480 e. The molecule has 1 fully saturated rings. The summed E-state index contributed by atoms with van der Waals surface area (Å²) in [5.41, 5.74) is 1.02. The molecule has 0 aromatic carbocycles. The molecular weight excluding hydrogens is 248 g/mol. The van der Waals surface area contributed by atoms with Gasteiger partial charge in [0.05, 0.1) is 10.7 Å². The number of aromatic nitrogens is 1. The van der Waals surface area contributed by atoms with Gasteiger partial charge in [0.2, 0.25) is 0 Å². The van der Waals surface area contributed by atoms with Crippen molar-refractivity contribution in [3.8, 4) is 0 Å². The molecule has 100 valence electrons. The number of thiazole rings is 1. The molecule has 18 heavy (non-hydrogen) atoms. The van der Waals surface area contributed by atoms with E-state index >= 15 is 0 Å². The van der Waals surface area contributed by atoms with Gasteiger partial charge in [0.15, 0.2) is 0 Å². The fourth-order valence-electron chi connectivity index (χ4n) is 2.07. The van der Waals surface area contributed by atoms with Crippen LogP contribution in [0.3, 0.4) is 0 Å². The average Bonchev–Trinajstić information content (AvgIpc) is 3.08. The summed E-state index contributed by atoms with van der Waals surface area (Å²) >= 11 is 1.68. The third-order valence-electron chi connectivity index (χ3n) is 3.28. The number of hydrogen-bond donors (Lipinski definition) is 1. The van der Waals surface area contributed by atoms with Crippen LogP contribution in [-0.2, 0) is 17.8 Å². The third-order valence-corrected chi connectivity index (χ3v) is 4.24. The van der Waals surface area contributed by atoms with E-state index in [1.54, 1.807) is 18.3 Å². The Morgan fingerprint density at radius 1 is 1.67 bits per heavy atom. The van der Waals surface area contributed by atoms with Crippen LogP contribution in [0.4, 0.5) is 0 Å². The first-order valence-electron chi connectivity index (χ1n) is 6.53. The maximum Gasteiger partial charge on any atom is 0.320 e. The van der Waals surface area contributed by atoms with Crippen molar-refractivity contribution in [1.82, 2.24) is 9.88 Å². The Morgan fingerprint density at radius 3 is 2.94 bits per heavy atom. The van der Waals surface area contributed by atoms with Gasteiger partial charge in [-0.25, -0.2) is 4.98 Å². The van der Waals surface area contributed by atoms with Crippen molar-refractivity contribution in [3.63, 3.8) is 0 Å². The lowest BCUT2D eigenvalue weighted by Crippen LogP contribution is -2.40. The maximum absolute atomic E-state index is 11.1. The topological polar surface area (TPSA) is 53.4 Å². The van der Waals surface area contributed by atoms with Gasteiger partial charge in [0.25, 0.3) is 0 Å². The molecule has 0 bridgehead atoms. The zero-order chi connectivity index (χ0) is 13.1. The summed E-state index contributed by atoms with van der Waals surface area (Å²) in [6.45, 7) is 4.57. The first-order valence-corrected chi connectivity index (χ1v) is 7.41. The molecule has 0 radical (unpaired) electrons. The van der Waals surface area contributed by atoms with Crippen LogP contribution < -0.4 is 0 Å². The first-order chi connectivity index (χ1) is 8.61. The molecule has 1 atom stereocenters. The average molecular weight is 268 g/mol. The van der Waals surface area contributed by atoms with E-state index in [9.17, 15) is 4.79 Å². The quantitative estimate of drug-likeness (QED) is 0.825. The van der Waals surface area contributed by atoms with Crippen molar-refractivity contribution < 1.29 is 9.90 Å². The molecule has 1 unspecified atom stereocenters. The van der Waals surface area contributed by atoms with Crippen LogP contribution in [0.2, 0.25) is 0 Å². The molecule has 1 N–H and O–H groups in total. The minimum atomic E-state index is -0.745. The molecule has 1 aliphatic rings. The van der Waals surface area contributed by atoms with Crippen molar-refractivity contribution >= 4 is 17.3 Å². The number of aryl methyl sites for hydroxylation is 1. The van der Waals surface area contributed by atoms with Crippen LogP contribution in [0.15, 0.2) is 5.38 Å². The second-order valence-corrected chi connectivity index (χ2v) is 5.84. The number of carboxylic acids is 1. The van der Waals surface area contributed by atoms with Gasteiger partial charge in [-0.2, -0.15) is 0 Å². The fraction of sp³-hybridized carbons (Fsp3) is 0.692. The lowest BCUT2D eigenvalue weighted by molar-refractivity contribution is -0.143. The monoisotopic (exact) mass is 268 g/mol. The van der Waals surface area contributed by atoms with E-state index < -0.39 is 12.0 Å². The Hall–Kier alpha value is -0.940. The molecule has 0 spiro atoms. The van der Waals surface area contributed by atoms with E-state index in [4.69, 9.17) is 5.11 Å². The van der Waals surface area contributed by atoms with E-state index in [1.165, 1.54) is 0 Å². The standard InChI is InChI=1S/C13H20N2O2S/c1-3-4-12-14-10(8-18-12)7-15(11-5-6-11)9(2)13(16)17/h8-9,11H,3-7H2,1-2H3,(H,16,17). The highest BCUT2D eigenvalue weighted by atomic mass is 32.1. The van der Waals surface area contributed by atoms with E-state index in [0.717, 1.165) is 36.4 Å². The van der Waals surface area contributed by atoms with Crippen LogP contribution in [0.25, 0.3) is 0 Å². The summed E-state index contributed by atoms with van der Waals surface area (Å²) in [7, 11) is 0. The van der Waals surface area contributed by atoms with Crippen LogP contribution in [0, 0.1) is 0 Å². The summed E-state index contributed by atoms with van der Waals surface area (Å²) in [4.78, 5) is 17.7. The van der Waals surface area contributed by atoms with E-state index in [1.807, 2.05) is 0 Å². The first kappa shape index (κ1) is 13.5. The van der Waals surface area contributed by atoms with Crippen molar-refractivity contribution in [2.75, 3.05) is 0 Å². The SMILES string of the molecule is CCCc1nc(CN(C2CC2)C(C)C(=O)O)cs1. The van der Waals surface area contributed by atoms with Crippen LogP contribution in [-0.4, -0.2) is 33.0 Å². The highest BCUT2D eigenvalue weighted by Crippen LogP contribution is 2.30. The molecule has 1 saturated carbocycles. The second kappa shape index (κ2) is 5.80. The van der Waals surface area contributed by atoms with E-state index in [0.29, 0.717) is 12.6 Å². The summed E-state index contributed by atoms with van der Waals surface area (Å²) in [5, 5.41) is 12.4. The highest BCUT2D eigenvalue weighted by Gasteiger charge is 2.35. The van der Waals surface area contributed by atoms with Crippen molar-refractivity contribution in [1.29, 1.82) is 0 Å². The molecule has 0 aliphatic heterocycles. The molecule has 2 rings (SSSR count). The highest BCUT2D eigenvalue weighted by molar-refractivity contribution is 7.09. The number of carbonyl (C=O) groups is 1. The summed E-state index contributed by atoms with van der Waals surface area (Å²) in [6, 6.07) is 0.0150. The number of rotatable bonds is 7. The van der Waals surface area contributed by atoms with Gasteiger partial charge in [-0.05, 0) is 32.6 Å². The van der Waals surface area contributed by atoms with Gasteiger partial charge in [-0.15, -0.1) is 11.3 Å². The van der Waals surface area contributed by atoms with Crippen LogP contribution >= 0.6 is 11.3 Å². The van der Waals surface area contributed by atoms with E-state index in [-0.39, 0.29) is 0 Å². The smallest absolute Gasteiger partial charge is 0.320 e.